The summed E-state index contributed by atoms with van der Waals surface area (Å²) in [5.41, 5.74) is -0.145. The maximum Gasteiger partial charge on any atom is 0.328 e. The molecule has 1 spiro atoms. The predicted octanol–water partition coefficient (Wildman–Crippen LogP) is 6.13. The van der Waals surface area contributed by atoms with Gasteiger partial charge in [0.25, 0.3) is 5.56 Å². The first kappa shape index (κ1) is 27.6. The maximum atomic E-state index is 12.8. The van der Waals surface area contributed by atoms with E-state index >= 15 is 0 Å². The second-order valence-electron chi connectivity index (χ2n) is 13.9. The Kier molecular flexibility index (Phi) is 7.19. The van der Waals surface area contributed by atoms with E-state index < -0.39 is 16.6 Å². The van der Waals surface area contributed by atoms with Crippen LogP contribution < -0.4 is 11.2 Å². The van der Waals surface area contributed by atoms with Gasteiger partial charge in [0, 0.05) is 23.2 Å². The van der Waals surface area contributed by atoms with Crippen molar-refractivity contribution in [1.29, 1.82) is 0 Å². The predicted molar refractivity (Wildman–Crippen MR) is 145 cm³/mol. The van der Waals surface area contributed by atoms with Crippen LogP contribution >= 0.6 is 0 Å². The number of aromatic amines is 1. The number of aromatic nitrogens is 2. The van der Waals surface area contributed by atoms with Gasteiger partial charge in [-0.3, -0.25) is 14.3 Å². The van der Waals surface area contributed by atoms with E-state index in [4.69, 9.17) is 8.85 Å². The van der Waals surface area contributed by atoms with Crippen LogP contribution in [0, 0.1) is 12.3 Å². The van der Waals surface area contributed by atoms with Gasteiger partial charge in [0.05, 0.1) is 12.2 Å². The van der Waals surface area contributed by atoms with Crippen LogP contribution in [0.3, 0.4) is 0 Å². The molecule has 0 unspecified atom stereocenters. The van der Waals surface area contributed by atoms with Crippen LogP contribution in [0.5, 0.6) is 0 Å². The third kappa shape index (κ3) is 4.97. The Bertz CT molecular complexity index is 1020. The second kappa shape index (κ2) is 8.85. The highest BCUT2D eigenvalue weighted by atomic mass is 28.4. The van der Waals surface area contributed by atoms with Gasteiger partial charge < -0.3 is 8.85 Å². The van der Waals surface area contributed by atoms with Crippen molar-refractivity contribution < 1.29 is 8.85 Å². The minimum absolute atomic E-state index is 0.00133. The SMILES string of the molecule is Cc1cn([C@H]2C[C@H](O[Si](C)(C)C(C)(C)C)[C@@]3(CCC[C@H]3O[Si](C)(C)C(C)(C)C)C2)c(=O)[nH]c1=O. The standard InChI is InChI=1S/C26H48N2O4Si2/c1-18-17-28(23(30)27-22(18)29)19-15-21(32-34(10,11)25(5,6)7)26(16-19)14-12-13-20(26)31-33(8,9)24(2,3)4/h17,19-21H,12-16H2,1-11H3,(H,27,29,30)/t19-,20+,21-,26-/m0/s1. The molecule has 2 fully saturated rings. The number of rotatable bonds is 5. The largest absolute Gasteiger partial charge is 0.413 e. The third-order valence-corrected chi connectivity index (χ3v) is 18.5. The summed E-state index contributed by atoms with van der Waals surface area (Å²) in [6, 6.07) is 0.00133. The highest BCUT2D eigenvalue weighted by molar-refractivity contribution is 6.74. The summed E-state index contributed by atoms with van der Waals surface area (Å²) < 4.78 is 16.0. The van der Waals surface area contributed by atoms with Crippen molar-refractivity contribution in [2.75, 3.05) is 0 Å². The molecule has 0 aromatic carbocycles. The number of hydrogen-bond acceptors (Lipinski definition) is 4. The van der Waals surface area contributed by atoms with E-state index in [1.54, 1.807) is 17.7 Å². The lowest BCUT2D eigenvalue weighted by Crippen LogP contribution is -2.53. The van der Waals surface area contributed by atoms with Crippen molar-refractivity contribution in [2.45, 2.75) is 135 Å². The van der Waals surface area contributed by atoms with E-state index in [2.05, 4.69) is 72.7 Å². The highest BCUT2D eigenvalue weighted by Crippen LogP contribution is 2.59. The van der Waals surface area contributed by atoms with Gasteiger partial charge in [0.2, 0.25) is 0 Å². The number of H-pyrrole nitrogens is 1. The Morgan fingerprint density at radius 3 is 2.03 bits per heavy atom. The van der Waals surface area contributed by atoms with Gasteiger partial charge in [-0.2, -0.15) is 0 Å². The molecular formula is C26H48N2O4Si2. The fourth-order valence-corrected chi connectivity index (χ4v) is 8.09. The summed E-state index contributed by atoms with van der Waals surface area (Å²) in [5.74, 6) is 0. The summed E-state index contributed by atoms with van der Waals surface area (Å²) in [7, 11) is -4.02. The molecule has 2 aliphatic carbocycles. The molecule has 0 amide bonds. The zero-order chi connectivity index (χ0) is 25.9. The molecule has 1 aromatic heterocycles. The Morgan fingerprint density at radius 1 is 0.971 bits per heavy atom. The van der Waals surface area contributed by atoms with E-state index in [-0.39, 0.29) is 45.0 Å². The number of aryl methyl sites for hydroxylation is 1. The van der Waals surface area contributed by atoms with Gasteiger partial charge in [-0.15, -0.1) is 0 Å². The molecule has 34 heavy (non-hydrogen) atoms. The molecule has 0 saturated heterocycles. The minimum atomic E-state index is -2.04. The Labute approximate surface area is 208 Å². The van der Waals surface area contributed by atoms with Crippen LogP contribution in [0.1, 0.15) is 85.3 Å². The second-order valence-corrected chi connectivity index (χ2v) is 23.4. The Morgan fingerprint density at radius 2 is 1.50 bits per heavy atom. The maximum absolute atomic E-state index is 12.8. The fraction of sp³-hybridized carbons (Fsp3) is 0.846. The minimum Gasteiger partial charge on any atom is -0.413 e. The van der Waals surface area contributed by atoms with Crippen molar-refractivity contribution in [2.24, 2.45) is 5.41 Å². The molecular weight excluding hydrogens is 460 g/mol. The molecule has 0 radical (unpaired) electrons. The molecule has 194 valence electrons. The average molecular weight is 509 g/mol. The summed E-state index contributed by atoms with van der Waals surface area (Å²) in [6.07, 6.45) is 6.83. The van der Waals surface area contributed by atoms with E-state index in [9.17, 15) is 9.59 Å². The molecule has 1 aromatic rings. The normalized spacial score (nSPS) is 28.7. The zero-order valence-corrected chi connectivity index (χ0v) is 25.4. The molecule has 8 heteroatoms. The smallest absolute Gasteiger partial charge is 0.328 e. The van der Waals surface area contributed by atoms with Crippen LogP contribution in [0.25, 0.3) is 0 Å². The molecule has 3 rings (SSSR count). The van der Waals surface area contributed by atoms with Gasteiger partial charge in [0.15, 0.2) is 16.6 Å². The zero-order valence-electron chi connectivity index (χ0n) is 23.4. The van der Waals surface area contributed by atoms with Gasteiger partial charge in [0.1, 0.15) is 0 Å². The molecule has 6 nitrogen and oxygen atoms in total. The molecule has 0 aliphatic heterocycles. The first-order valence-corrected chi connectivity index (χ1v) is 18.8. The van der Waals surface area contributed by atoms with E-state index in [1.165, 1.54) is 0 Å². The first-order valence-electron chi connectivity index (χ1n) is 13.0. The van der Waals surface area contributed by atoms with E-state index in [1.807, 2.05) is 0 Å². The van der Waals surface area contributed by atoms with Gasteiger partial charge in [-0.1, -0.05) is 48.0 Å². The number of nitrogens with zero attached hydrogens (tertiary/aromatic N) is 1. The van der Waals surface area contributed by atoms with Crippen LogP contribution in [-0.4, -0.2) is 38.4 Å². The molecule has 1 N–H and O–H groups in total. The van der Waals surface area contributed by atoms with Crippen molar-refractivity contribution in [3.63, 3.8) is 0 Å². The fourth-order valence-electron chi connectivity index (χ4n) is 5.28. The summed E-state index contributed by atoms with van der Waals surface area (Å²) >= 11 is 0. The molecule has 2 aliphatic rings. The van der Waals surface area contributed by atoms with Crippen LogP contribution in [0.15, 0.2) is 15.8 Å². The molecule has 0 bridgehead atoms. The average Bonchev–Trinajstić information content (AvgIpc) is 3.20. The Balaban J connectivity index is 2.05. The van der Waals surface area contributed by atoms with Gasteiger partial charge >= 0.3 is 5.69 Å². The van der Waals surface area contributed by atoms with Crippen molar-refractivity contribution in [3.8, 4) is 0 Å². The van der Waals surface area contributed by atoms with E-state index in [0.29, 0.717) is 5.56 Å². The summed E-state index contributed by atoms with van der Waals surface area (Å²) in [5, 5.41) is 0.240. The van der Waals surface area contributed by atoms with Crippen LogP contribution in [0.4, 0.5) is 0 Å². The van der Waals surface area contributed by atoms with Crippen molar-refractivity contribution in [1.82, 2.24) is 9.55 Å². The van der Waals surface area contributed by atoms with Crippen LogP contribution in [0.2, 0.25) is 36.3 Å². The first-order chi connectivity index (χ1) is 15.3. The monoisotopic (exact) mass is 508 g/mol. The van der Waals surface area contributed by atoms with Crippen LogP contribution in [-0.2, 0) is 8.85 Å². The summed E-state index contributed by atoms with van der Waals surface area (Å²) in [4.78, 5) is 27.4. The highest BCUT2D eigenvalue weighted by Gasteiger charge is 2.59. The third-order valence-electron chi connectivity index (χ3n) is 9.52. The lowest BCUT2D eigenvalue weighted by molar-refractivity contribution is -0.0175. The van der Waals surface area contributed by atoms with E-state index in [0.717, 1.165) is 32.1 Å². The Hall–Kier alpha value is -0.966. The number of hydrogen-bond donors (Lipinski definition) is 1. The molecule has 4 atom stereocenters. The lowest BCUT2D eigenvalue weighted by Gasteiger charge is -2.47. The quantitative estimate of drug-likeness (QED) is 0.486. The van der Waals surface area contributed by atoms with Gasteiger partial charge in [-0.05, 0) is 68.9 Å². The van der Waals surface area contributed by atoms with Gasteiger partial charge in [-0.25, -0.2) is 4.79 Å². The van der Waals surface area contributed by atoms with Crippen molar-refractivity contribution in [3.05, 3.63) is 32.6 Å². The lowest BCUT2D eigenvalue weighted by atomic mass is 9.80. The number of nitrogens with one attached hydrogen (secondary N) is 1. The molecule has 2 saturated carbocycles. The molecule has 1 heterocycles. The topological polar surface area (TPSA) is 73.3 Å². The van der Waals surface area contributed by atoms with Crippen molar-refractivity contribution >= 4 is 16.6 Å². The summed E-state index contributed by atoms with van der Waals surface area (Å²) in [6.45, 7) is 24.8.